The van der Waals surface area contributed by atoms with Gasteiger partial charge in [0.25, 0.3) is 5.56 Å². The first-order valence-electron chi connectivity index (χ1n) is 9.32. The van der Waals surface area contributed by atoms with Gasteiger partial charge in [0.2, 0.25) is 5.88 Å². The van der Waals surface area contributed by atoms with Crippen LogP contribution in [0.15, 0.2) is 47.4 Å². The Hall–Kier alpha value is -3.15. The zero-order valence-corrected chi connectivity index (χ0v) is 15.9. The smallest absolute Gasteiger partial charge is 0.274 e. The lowest BCUT2D eigenvalue weighted by Gasteiger charge is -2.12. The van der Waals surface area contributed by atoms with E-state index in [9.17, 15) is 9.18 Å². The lowest BCUT2D eigenvalue weighted by atomic mass is 10.0. The van der Waals surface area contributed by atoms with Crippen molar-refractivity contribution in [1.29, 1.82) is 0 Å². The summed E-state index contributed by atoms with van der Waals surface area (Å²) in [6.45, 7) is 4.48. The molecule has 0 saturated heterocycles. The number of nitrogen functional groups attached to an aromatic ring is 1. The molecule has 0 aliphatic heterocycles. The fourth-order valence-electron chi connectivity index (χ4n) is 3.30. The van der Waals surface area contributed by atoms with E-state index in [-0.39, 0.29) is 16.8 Å². The van der Waals surface area contributed by atoms with Crippen molar-refractivity contribution in [1.82, 2.24) is 9.55 Å². The molecule has 6 heteroatoms. The number of rotatable bonds is 5. The van der Waals surface area contributed by atoms with E-state index in [0.717, 1.165) is 24.1 Å². The van der Waals surface area contributed by atoms with Crippen molar-refractivity contribution in [3.8, 4) is 22.8 Å². The summed E-state index contributed by atoms with van der Waals surface area (Å²) in [4.78, 5) is 16.8. The third-order valence-electron chi connectivity index (χ3n) is 4.88. The molecule has 28 heavy (non-hydrogen) atoms. The van der Waals surface area contributed by atoms with Crippen LogP contribution in [-0.2, 0) is 6.54 Å². The van der Waals surface area contributed by atoms with Gasteiger partial charge in [-0.1, -0.05) is 0 Å². The molecule has 2 heterocycles. The van der Waals surface area contributed by atoms with Crippen LogP contribution < -0.4 is 16.0 Å². The van der Waals surface area contributed by atoms with Crippen molar-refractivity contribution in [2.24, 2.45) is 5.92 Å². The van der Waals surface area contributed by atoms with Gasteiger partial charge in [-0.3, -0.25) is 4.79 Å². The van der Waals surface area contributed by atoms with Crippen LogP contribution in [0.25, 0.3) is 11.1 Å². The average molecular weight is 379 g/mol. The molecule has 1 aliphatic rings. The molecule has 2 N–H and O–H groups in total. The molecule has 1 aliphatic carbocycles. The molecule has 144 valence electrons. The molecule has 1 saturated carbocycles. The number of benzene rings is 1. The molecule has 5 nitrogen and oxygen atoms in total. The molecule has 0 spiro atoms. The van der Waals surface area contributed by atoms with Crippen molar-refractivity contribution >= 4 is 5.69 Å². The first-order valence-corrected chi connectivity index (χ1v) is 9.32. The van der Waals surface area contributed by atoms with Gasteiger partial charge in [-0.15, -0.1) is 0 Å². The van der Waals surface area contributed by atoms with E-state index in [2.05, 4.69) is 4.98 Å². The zero-order chi connectivity index (χ0) is 19.8. The monoisotopic (exact) mass is 379 g/mol. The van der Waals surface area contributed by atoms with Crippen LogP contribution in [0.1, 0.15) is 24.1 Å². The van der Waals surface area contributed by atoms with Crippen molar-refractivity contribution in [2.45, 2.75) is 33.2 Å². The van der Waals surface area contributed by atoms with Gasteiger partial charge in [-0.2, -0.15) is 0 Å². The van der Waals surface area contributed by atoms with Gasteiger partial charge in [-0.25, -0.2) is 9.37 Å². The van der Waals surface area contributed by atoms with Gasteiger partial charge in [0, 0.05) is 41.7 Å². The highest BCUT2D eigenvalue weighted by Crippen LogP contribution is 2.32. The Morgan fingerprint density at radius 1 is 1.18 bits per heavy atom. The van der Waals surface area contributed by atoms with Gasteiger partial charge >= 0.3 is 0 Å². The second kappa shape index (κ2) is 7.11. The van der Waals surface area contributed by atoms with E-state index in [1.165, 1.54) is 6.07 Å². The summed E-state index contributed by atoms with van der Waals surface area (Å²) < 4.78 is 22.1. The molecule has 4 rings (SSSR count). The maximum Gasteiger partial charge on any atom is 0.274 e. The lowest BCUT2D eigenvalue weighted by Crippen LogP contribution is -2.23. The van der Waals surface area contributed by atoms with Gasteiger partial charge < -0.3 is 15.0 Å². The van der Waals surface area contributed by atoms with Crippen LogP contribution in [0.4, 0.5) is 10.1 Å². The molecule has 1 aromatic carbocycles. The second-order valence-corrected chi connectivity index (χ2v) is 7.41. The summed E-state index contributed by atoms with van der Waals surface area (Å²) in [6, 6.07) is 9.92. The van der Waals surface area contributed by atoms with Crippen LogP contribution in [0.2, 0.25) is 0 Å². The summed E-state index contributed by atoms with van der Waals surface area (Å²) in [7, 11) is 0. The van der Waals surface area contributed by atoms with Crippen LogP contribution in [0.5, 0.6) is 11.6 Å². The molecule has 1 fully saturated rings. The highest BCUT2D eigenvalue weighted by molar-refractivity contribution is 5.76. The Morgan fingerprint density at radius 3 is 2.64 bits per heavy atom. The number of halogens is 1. The number of hydrogen-bond donors (Lipinski definition) is 1. The van der Waals surface area contributed by atoms with E-state index in [1.54, 1.807) is 35.0 Å². The molecular formula is C22H22FN3O2. The maximum atomic E-state index is 14.8. The fourth-order valence-corrected chi connectivity index (χ4v) is 3.30. The quantitative estimate of drug-likeness (QED) is 0.711. The summed E-state index contributed by atoms with van der Waals surface area (Å²) in [6.07, 6.45) is 3.97. The summed E-state index contributed by atoms with van der Waals surface area (Å²) >= 11 is 0. The van der Waals surface area contributed by atoms with Gasteiger partial charge in [0.15, 0.2) is 0 Å². The third kappa shape index (κ3) is 3.76. The minimum Gasteiger partial charge on any atom is -0.439 e. The summed E-state index contributed by atoms with van der Waals surface area (Å²) in [5, 5.41) is 0. The molecular weight excluding hydrogens is 357 g/mol. The minimum atomic E-state index is -0.507. The predicted octanol–water partition coefficient (Wildman–Crippen LogP) is 4.45. The van der Waals surface area contributed by atoms with Gasteiger partial charge in [-0.05, 0) is 62.4 Å². The first-order chi connectivity index (χ1) is 13.4. The molecule has 0 radical (unpaired) electrons. The topological polar surface area (TPSA) is 70.1 Å². The fraction of sp³-hybridized carbons (Fsp3) is 0.273. The molecule has 2 aromatic heterocycles. The predicted molar refractivity (Wildman–Crippen MR) is 107 cm³/mol. The first kappa shape index (κ1) is 18.2. The Balaban J connectivity index is 1.62. The number of nitrogens with two attached hydrogens (primary N) is 1. The average Bonchev–Trinajstić information content (AvgIpc) is 3.43. The maximum absolute atomic E-state index is 14.8. The Labute approximate surface area is 162 Å². The van der Waals surface area contributed by atoms with Crippen molar-refractivity contribution in [2.75, 3.05) is 5.73 Å². The summed E-state index contributed by atoms with van der Waals surface area (Å²) in [5.41, 5.74) is 8.33. The van der Waals surface area contributed by atoms with Crippen LogP contribution >= 0.6 is 0 Å². The number of aryl methyl sites for hydroxylation is 2. The number of ether oxygens (including phenoxy) is 1. The standard InChI is InChI=1S/C22H22FN3O2/c1-13-9-14(2)25-20(10-13)28-16-5-6-17(19(23)11-16)18-7-8-26(12-15-3-4-15)22(27)21(18)24/h5-11,15H,3-4,12,24H2,1-2H3. The number of anilines is 1. The largest absolute Gasteiger partial charge is 0.439 e. The van der Waals surface area contributed by atoms with E-state index in [4.69, 9.17) is 10.5 Å². The van der Waals surface area contributed by atoms with Crippen molar-refractivity contribution < 1.29 is 9.13 Å². The Kier molecular flexibility index (Phi) is 4.63. The number of nitrogens with zero attached hydrogens (tertiary/aromatic N) is 2. The third-order valence-corrected chi connectivity index (χ3v) is 4.88. The van der Waals surface area contributed by atoms with E-state index in [1.807, 2.05) is 19.9 Å². The number of hydrogen-bond acceptors (Lipinski definition) is 4. The summed E-state index contributed by atoms with van der Waals surface area (Å²) in [5.74, 6) is 0.786. The minimum absolute atomic E-state index is 0.0618. The Bertz CT molecular complexity index is 1080. The molecule has 3 aromatic rings. The number of aromatic nitrogens is 2. The Morgan fingerprint density at radius 2 is 1.96 bits per heavy atom. The molecule has 0 amide bonds. The second-order valence-electron chi connectivity index (χ2n) is 7.41. The van der Waals surface area contributed by atoms with Crippen LogP contribution in [-0.4, -0.2) is 9.55 Å². The van der Waals surface area contributed by atoms with Gasteiger partial charge in [0.05, 0.1) is 0 Å². The normalized spacial score (nSPS) is 13.5. The van der Waals surface area contributed by atoms with Crippen LogP contribution in [0, 0.1) is 25.6 Å². The molecule has 0 atom stereocenters. The van der Waals surface area contributed by atoms with Crippen molar-refractivity contribution in [3.05, 3.63) is 70.0 Å². The highest BCUT2D eigenvalue weighted by atomic mass is 19.1. The van der Waals surface area contributed by atoms with Crippen molar-refractivity contribution in [3.63, 3.8) is 0 Å². The van der Waals surface area contributed by atoms with E-state index in [0.29, 0.717) is 29.7 Å². The zero-order valence-electron chi connectivity index (χ0n) is 15.9. The number of pyridine rings is 2. The molecule has 0 unspecified atom stereocenters. The SMILES string of the molecule is Cc1cc(C)nc(Oc2ccc(-c3ccn(CC4CC4)c(=O)c3N)c(F)c2)c1. The highest BCUT2D eigenvalue weighted by Gasteiger charge is 2.23. The van der Waals surface area contributed by atoms with E-state index >= 15 is 0 Å². The van der Waals surface area contributed by atoms with Crippen LogP contribution in [0.3, 0.4) is 0 Å². The molecule has 0 bridgehead atoms. The lowest BCUT2D eigenvalue weighted by molar-refractivity contribution is 0.456. The van der Waals surface area contributed by atoms with E-state index < -0.39 is 5.82 Å². The van der Waals surface area contributed by atoms with Gasteiger partial charge in [0.1, 0.15) is 17.3 Å².